The van der Waals surface area contributed by atoms with Crippen LogP contribution >= 0.6 is 31.9 Å². The molecule has 1 unspecified atom stereocenters. The number of nitro groups is 1. The molecule has 64 valence electrons. The van der Waals surface area contributed by atoms with E-state index in [2.05, 4.69) is 37.2 Å². The van der Waals surface area contributed by atoms with Crippen LogP contribution in [0.2, 0.25) is 0 Å². The van der Waals surface area contributed by atoms with E-state index in [-0.39, 0.29) is 10.3 Å². The molecule has 5 nitrogen and oxygen atoms in total. The summed E-state index contributed by atoms with van der Waals surface area (Å²) < 4.78 is 0.270. The Morgan fingerprint density at radius 3 is 2.36 bits per heavy atom. The summed E-state index contributed by atoms with van der Waals surface area (Å²) in [6, 6.07) is 0. The van der Waals surface area contributed by atoms with E-state index in [0.717, 1.165) is 0 Å². The highest BCUT2D eigenvalue weighted by atomic mass is 79.9. The van der Waals surface area contributed by atoms with Gasteiger partial charge in [0.25, 0.3) is 0 Å². The molecule has 0 saturated heterocycles. The van der Waals surface area contributed by atoms with E-state index in [0.29, 0.717) is 0 Å². The first-order chi connectivity index (χ1) is 5.00. The Labute approximate surface area is 80.4 Å². The molecular weight excluding hydrogens is 282 g/mol. The number of halogens is 2. The Morgan fingerprint density at radius 2 is 2.27 bits per heavy atom. The molecule has 0 amide bonds. The van der Waals surface area contributed by atoms with Crippen molar-refractivity contribution < 1.29 is 4.92 Å². The van der Waals surface area contributed by atoms with Crippen molar-refractivity contribution in [2.24, 2.45) is 5.73 Å². The van der Waals surface area contributed by atoms with Gasteiger partial charge < -0.3 is 11.1 Å². The van der Waals surface area contributed by atoms with Gasteiger partial charge in [0.05, 0.1) is 4.92 Å². The van der Waals surface area contributed by atoms with Crippen LogP contribution in [0, 0.1) is 10.1 Å². The topological polar surface area (TPSA) is 81.2 Å². The van der Waals surface area contributed by atoms with Gasteiger partial charge in [0.2, 0.25) is 0 Å². The zero-order valence-electron chi connectivity index (χ0n) is 5.67. The summed E-state index contributed by atoms with van der Waals surface area (Å²) in [4.78, 5) is 8.98. The second-order valence-electron chi connectivity index (χ2n) is 1.61. The second kappa shape index (κ2) is 4.68. The summed E-state index contributed by atoms with van der Waals surface area (Å²) in [5, 5.41) is 12.9. The van der Waals surface area contributed by atoms with Crippen LogP contribution in [0.25, 0.3) is 0 Å². The van der Waals surface area contributed by atoms with Gasteiger partial charge in [-0.2, -0.15) is 0 Å². The Morgan fingerprint density at radius 1 is 1.82 bits per heavy atom. The third-order valence-electron chi connectivity index (χ3n) is 0.902. The summed E-state index contributed by atoms with van der Waals surface area (Å²) in [7, 11) is 1.56. The van der Waals surface area contributed by atoms with E-state index in [9.17, 15) is 10.1 Å². The molecule has 7 heteroatoms. The molecule has 0 aromatic rings. The van der Waals surface area contributed by atoms with Gasteiger partial charge in [-0.05, 0) is 15.9 Å². The molecule has 0 bridgehead atoms. The lowest BCUT2D eigenvalue weighted by Crippen LogP contribution is -2.24. The van der Waals surface area contributed by atoms with Gasteiger partial charge in [0, 0.05) is 7.05 Å². The lowest BCUT2D eigenvalue weighted by Gasteiger charge is -2.03. The largest absolute Gasteiger partial charge is 0.377 e. The lowest BCUT2D eigenvalue weighted by atomic mass is 10.5. The van der Waals surface area contributed by atoms with Crippen LogP contribution in [0.15, 0.2) is 10.3 Å². The van der Waals surface area contributed by atoms with Crippen LogP contribution in [0.1, 0.15) is 0 Å². The van der Waals surface area contributed by atoms with Crippen LogP contribution in [0.5, 0.6) is 0 Å². The molecule has 0 aliphatic carbocycles. The molecule has 11 heavy (non-hydrogen) atoms. The van der Waals surface area contributed by atoms with E-state index < -0.39 is 9.87 Å². The fraction of sp³-hybridized carbons (Fsp3) is 0.500. The molecule has 0 aromatic heterocycles. The molecule has 0 fully saturated rings. The van der Waals surface area contributed by atoms with Gasteiger partial charge >= 0.3 is 5.70 Å². The van der Waals surface area contributed by atoms with Gasteiger partial charge in [0.15, 0.2) is 9.56 Å². The highest BCUT2D eigenvalue weighted by molar-refractivity contribution is 9.12. The molecule has 0 aromatic carbocycles. The molecule has 0 rings (SSSR count). The fourth-order valence-corrected chi connectivity index (χ4v) is 1.52. The monoisotopic (exact) mass is 287 g/mol. The SMILES string of the molecule is CNC(Br)=C(C(N)Br)[N+](=O)[O-]. The first kappa shape index (κ1) is 10.9. The minimum atomic E-state index is -0.778. The second-order valence-corrected chi connectivity index (χ2v) is 3.39. The standard InChI is InChI=1S/C4H7Br2N3O2/c1-8-4(6)2(3(5)7)9(10)11/h3,8H,7H2,1H3. The molecule has 0 spiro atoms. The quantitative estimate of drug-likeness (QED) is 0.347. The highest BCUT2D eigenvalue weighted by Gasteiger charge is 2.22. The van der Waals surface area contributed by atoms with Crippen molar-refractivity contribution in [1.82, 2.24) is 5.32 Å². The van der Waals surface area contributed by atoms with E-state index in [1.807, 2.05) is 0 Å². The maximum absolute atomic E-state index is 10.3. The van der Waals surface area contributed by atoms with Gasteiger partial charge in [-0.3, -0.25) is 10.1 Å². The highest BCUT2D eigenvalue weighted by Crippen LogP contribution is 2.15. The number of hydrogen-bond donors (Lipinski definition) is 2. The normalized spacial score (nSPS) is 15.3. The maximum Gasteiger partial charge on any atom is 0.303 e. The van der Waals surface area contributed by atoms with Crippen LogP contribution in [-0.2, 0) is 0 Å². The summed E-state index contributed by atoms with van der Waals surface area (Å²) in [5.41, 5.74) is 5.13. The van der Waals surface area contributed by atoms with Crippen LogP contribution in [-0.4, -0.2) is 16.9 Å². The Bertz CT molecular complexity index is 192. The van der Waals surface area contributed by atoms with Crippen molar-refractivity contribution in [2.45, 2.75) is 4.95 Å². The Balaban J connectivity index is 4.73. The van der Waals surface area contributed by atoms with Crippen LogP contribution in [0.4, 0.5) is 0 Å². The molecule has 0 saturated carbocycles. The third kappa shape index (κ3) is 3.17. The number of rotatable bonds is 3. The van der Waals surface area contributed by atoms with Gasteiger partial charge in [-0.1, -0.05) is 15.9 Å². The van der Waals surface area contributed by atoms with Crippen LogP contribution < -0.4 is 11.1 Å². The maximum atomic E-state index is 10.3. The van der Waals surface area contributed by atoms with Crippen molar-refractivity contribution in [3.63, 3.8) is 0 Å². The number of nitrogens with zero attached hydrogens (tertiary/aromatic N) is 1. The van der Waals surface area contributed by atoms with Gasteiger partial charge in [-0.15, -0.1) is 0 Å². The van der Waals surface area contributed by atoms with E-state index >= 15 is 0 Å². The molecule has 0 aliphatic rings. The molecular formula is C4H7Br2N3O2. The van der Waals surface area contributed by atoms with Gasteiger partial charge in [0.1, 0.15) is 0 Å². The molecule has 0 heterocycles. The molecule has 0 radical (unpaired) electrons. The number of hydrogen-bond acceptors (Lipinski definition) is 4. The Hall–Kier alpha value is -0.140. The average Bonchev–Trinajstić information content (AvgIpc) is 1.85. The summed E-state index contributed by atoms with van der Waals surface area (Å²) in [5.74, 6) is 0. The van der Waals surface area contributed by atoms with Crippen molar-refractivity contribution in [2.75, 3.05) is 7.05 Å². The number of alkyl halides is 1. The first-order valence-electron chi connectivity index (χ1n) is 2.62. The van der Waals surface area contributed by atoms with Crippen molar-refractivity contribution >= 4 is 31.9 Å². The van der Waals surface area contributed by atoms with E-state index in [1.54, 1.807) is 7.05 Å². The predicted octanol–water partition coefficient (Wildman–Crippen LogP) is 0.726. The molecule has 3 N–H and O–H groups in total. The smallest absolute Gasteiger partial charge is 0.303 e. The summed E-state index contributed by atoms with van der Waals surface area (Å²) >= 11 is 5.85. The zero-order valence-corrected chi connectivity index (χ0v) is 8.85. The van der Waals surface area contributed by atoms with E-state index in [4.69, 9.17) is 5.73 Å². The fourth-order valence-electron chi connectivity index (χ4n) is 0.430. The van der Waals surface area contributed by atoms with E-state index in [1.165, 1.54) is 0 Å². The van der Waals surface area contributed by atoms with Gasteiger partial charge in [-0.25, -0.2) is 0 Å². The predicted molar refractivity (Wildman–Crippen MR) is 48.9 cm³/mol. The summed E-state index contributed by atoms with van der Waals surface area (Å²) in [6.07, 6.45) is 0. The molecule has 0 aliphatic heterocycles. The third-order valence-corrected chi connectivity index (χ3v) is 2.14. The minimum absolute atomic E-state index is 0.132. The Kier molecular flexibility index (Phi) is 4.62. The number of nitrogens with one attached hydrogen (secondary N) is 1. The molecule has 1 atom stereocenters. The van der Waals surface area contributed by atoms with Crippen LogP contribution in [0.3, 0.4) is 0 Å². The summed E-state index contributed by atoms with van der Waals surface area (Å²) in [6.45, 7) is 0. The lowest BCUT2D eigenvalue weighted by molar-refractivity contribution is -0.427. The average molecular weight is 289 g/mol. The van der Waals surface area contributed by atoms with Crippen molar-refractivity contribution in [3.8, 4) is 0 Å². The first-order valence-corrected chi connectivity index (χ1v) is 4.33. The zero-order chi connectivity index (χ0) is 9.02. The van der Waals surface area contributed by atoms with Crippen molar-refractivity contribution in [3.05, 3.63) is 20.4 Å². The van der Waals surface area contributed by atoms with Crippen molar-refractivity contribution in [1.29, 1.82) is 0 Å². The number of nitrogens with two attached hydrogens (primary N) is 1. The minimum Gasteiger partial charge on any atom is -0.377 e.